The number of benzene rings is 1. The second-order valence-electron chi connectivity index (χ2n) is 6.83. The predicted molar refractivity (Wildman–Crippen MR) is 121 cm³/mol. The summed E-state index contributed by atoms with van der Waals surface area (Å²) < 4.78 is 2.79. The molecule has 4 rings (SSSR count). The summed E-state index contributed by atoms with van der Waals surface area (Å²) in [6, 6.07) is 13.1. The first kappa shape index (κ1) is 20.7. The highest BCUT2D eigenvalue weighted by Gasteiger charge is 2.33. The summed E-state index contributed by atoms with van der Waals surface area (Å²) in [7, 11) is 0. The van der Waals surface area contributed by atoms with E-state index in [2.05, 4.69) is 15.8 Å². The molecule has 1 saturated carbocycles. The molecule has 0 radical (unpaired) electrons. The van der Waals surface area contributed by atoms with Crippen molar-refractivity contribution in [1.82, 2.24) is 14.7 Å². The number of aromatic nitrogens is 2. The van der Waals surface area contributed by atoms with Crippen molar-refractivity contribution in [2.75, 3.05) is 11.2 Å². The van der Waals surface area contributed by atoms with Gasteiger partial charge >= 0.3 is 0 Å². The number of hydrogen-bond donors (Lipinski definition) is 1. The smallest absolute Gasteiger partial charge is 0.280 e. The lowest BCUT2D eigenvalue weighted by Gasteiger charge is -2.21. The van der Waals surface area contributed by atoms with Crippen LogP contribution in [0, 0.1) is 11.3 Å². The van der Waals surface area contributed by atoms with Gasteiger partial charge in [-0.3, -0.25) is 14.5 Å². The standard InChI is InChI=1S/C21H18ClN5OS2/c1-29-26-20(28)18-19(14-4-5-14)30-21(25-18)27(12-16-7-6-15(22)11-24-16)17-8-2-13(10-23)3-9-17/h2-3,6-9,11,14H,4-5,12H2,1H3,(H,26,28). The lowest BCUT2D eigenvalue weighted by molar-refractivity contribution is 0.0979. The predicted octanol–water partition coefficient (Wildman–Crippen LogP) is 5.29. The summed E-state index contributed by atoms with van der Waals surface area (Å²) >= 11 is 8.79. The van der Waals surface area contributed by atoms with E-state index in [1.807, 2.05) is 29.4 Å². The zero-order valence-electron chi connectivity index (χ0n) is 16.1. The summed E-state index contributed by atoms with van der Waals surface area (Å²) in [5.74, 6) is 0.228. The van der Waals surface area contributed by atoms with E-state index in [1.165, 1.54) is 11.9 Å². The molecule has 1 aliphatic carbocycles. The van der Waals surface area contributed by atoms with Crippen molar-refractivity contribution >= 4 is 51.6 Å². The van der Waals surface area contributed by atoms with E-state index in [4.69, 9.17) is 21.8 Å². The van der Waals surface area contributed by atoms with E-state index in [-0.39, 0.29) is 5.91 Å². The second-order valence-corrected chi connectivity index (χ2v) is 8.89. The van der Waals surface area contributed by atoms with Gasteiger partial charge in [-0.2, -0.15) is 5.26 Å². The molecule has 2 aromatic heterocycles. The van der Waals surface area contributed by atoms with Crippen LogP contribution in [0.3, 0.4) is 0 Å². The van der Waals surface area contributed by atoms with Gasteiger partial charge in [0.25, 0.3) is 5.91 Å². The third-order valence-corrected chi connectivity index (χ3v) is 6.50. The minimum Gasteiger partial charge on any atom is -0.312 e. The summed E-state index contributed by atoms with van der Waals surface area (Å²) in [5, 5.41) is 10.4. The number of rotatable bonds is 7. The molecule has 2 heterocycles. The van der Waals surface area contributed by atoms with Crippen LogP contribution in [0.5, 0.6) is 0 Å². The van der Waals surface area contributed by atoms with Gasteiger partial charge in [-0.25, -0.2) is 4.98 Å². The van der Waals surface area contributed by atoms with Gasteiger partial charge in [-0.05, 0) is 55.2 Å². The van der Waals surface area contributed by atoms with Crippen LogP contribution in [0.15, 0.2) is 42.6 Å². The Morgan fingerprint density at radius 1 is 1.33 bits per heavy atom. The number of hydrogen-bond acceptors (Lipinski definition) is 7. The summed E-state index contributed by atoms with van der Waals surface area (Å²) in [5.41, 5.74) is 2.77. The Hall–Kier alpha value is -2.60. The number of nitrogens with zero attached hydrogens (tertiary/aromatic N) is 4. The van der Waals surface area contributed by atoms with Gasteiger partial charge < -0.3 is 4.90 Å². The number of anilines is 2. The minimum absolute atomic E-state index is 0.170. The van der Waals surface area contributed by atoms with Crippen molar-refractivity contribution in [3.8, 4) is 6.07 Å². The first-order chi connectivity index (χ1) is 14.6. The van der Waals surface area contributed by atoms with Crippen LogP contribution in [-0.2, 0) is 6.54 Å². The molecule has 0 saturated heterocycles. The van der Waals surface area contributed by atoms with Crippen LogP contribution in [0.25, 0.3) is 0 Å². The van der Waals surface area contributed by atoms with Crippen LogP contribution in [0.2, 0.25) is 5.02 Å². The molecule has 1 aliphatic rings. The van der Waals surface area contributed by atoms with E-state index in [9.17, 15) is 4.79 Å². The average Bonchev–Trinajstić information content (AvgIpc) is 3.52. The zero-order chi connectivity index (χ0) is 21.1. The Balaban J connectivity index is 1.74. The molecule has 0 spiro atoms. The number of carbonyl (C=O) groups excluding carboxylic acids is 1. The van der Waals surface area contributed by atoms with Crippen molar-refractivity contribution < 1.29 is 4.79 Å². The minimum atomic E-state index is -0.170. The Morgan fingerprint density at radius 3 is 2.70 bits per heavy atom. The molecule has 1 fully saturated rings. The first-order valence-electron chi connectivity index (χ1n) is 9.31. The molecular formula is C21H18ClN5OS2. The van der Waals surface area contributed by atoms with Crippen LogP contribution in [0.1, 0.15) is 45.4 Å². The highest BCUT2D eigenvalue weighted by Crippen LogP contribution is 2.47. The molecule has 6 nitrogen and oxygen atoms in total. The molecule has 0 aliphatic heterocycles. The summed E-state index contributed by atoms with van der Waals surface area (Å²) in [4.78, 5) is 24.8. The van der Waals surface area contributed by atoms with Crippen molar-refractivity contribution in [2.24, 2.45) is 0 Å². The van der Waals surface area contributed by atoms with Crippen molar-refractivity contribution in [1.29, 1.82) is 5.26 Å². The molecule has 0 bridgehead atoms. The lowest BCUT2D eigenvalue weighted by Crippen LogP contribution is -2.19. The van der Waals surface area contributed by atoms with Crippen LogP contribution in [-0.4, -0.2) is 22.1 Å². The van der Waals surface area contributed by atoms with Gasteiger partial charge in [0.05, 0.1) is 28.9 Å². The third kappa shape index (κ3) is 4.59. The summed E-state index contributed by atoms with van der Waals surface area (Å²) in [6.45, 7) is 0.463. The molecule has 9 heteroatoms. The highest BCUT2D eigenvalue weighted by atomic mass is 35.5. The Morgan fingerprint density at radius 2 is 2.10 bits per heavy atom. The molecule has 30 heavy (non-hydrogen) atoms. The van der Waals surface area contributed by atoms with Gasteiger partial charge in [0.15, 0.2) is 5.13 Å². The molecule has 152 valence electrons. The van der Waals surface area contributed by atoms with Gasteiger partial charge in [0, 0.05) is 23.0 Å². The molecule has 1 aromatic carbocycles. The Kier molecular flexibility index (Phi) is 6.23. The van der Waals surface area contributed by atoms with Gasteiger partial charge in [0.2, 0.25) is 0 Å². The number of amides is 1. The SMILES string of the molecule is CSNC(=O)c1nc(N(Cc2ccc(Cl)cn2)c2ccc(C#N)cc2)sc1C1CC1. The first-order valence-corrected chi connectivity index (χ1v) is 11.7. The fourth-order valence-electron chi connectivity index (χ4n) is 3.01. The van der Waals surface area contributed by atoms with E-state index >= 15 is 0 Å². The van der Waals surface area contributed by atoms with Crippen molar-refractivity contribution in [3.63, 3.8) is 0 Å². The van der Waals surface area contributed by atoms with Crippen molar-refractivity contribution in [3.05, 3.63) is 69.4 Å². The van der Waals surface area contributed by atoms with Crippen LogP contribution < -0.4 is 9.62 Å². The second kappa shape index (κ2) is 9.04. The fraction of sp³-hybridized carbons (Fsp3) is 0.238. The maximum Gasteiger partial charge on any atom is 0.280 e. The summed E-state index contributed by atoms with van der Waals surface area (Å²) in [6.07, 6.45) is 5.59. The molecule has 1 N–H and O–H groups in total. The number of nitriles is 1. The third-order valence-electron chi connectivity index (χ3n) is 4.65. The number of carbonyl (C=O) groups is 1. The van der Waals surface area contributed by atoms with Crippen LogP contribution in [0.4, 0.5) is 10.8 Å². The monoisotopic (exact) mass is 455 g/mol. The van der Waals surface area contributed by atoms with Gasteiger partial charge in [-0.15, -0.1) is 11.3 Å². The Bertz CT molecular complexity index is 1090. The molecule has 1 amide bonds. The van der Waals surface area contributed by atoms with Gasteiger partial charge in [0.1, 0.15) is 5.69 Å². The molecule has 0 atom stereocenters. The maximum absolute atomic E-state index is 12.6. The number of halogens is 1. The normalized spacial score (nSPS) is 13.0. The Labute approximate surface area is 188 Å². The quantitative estimate of drug-likeness (QED) is 0.487. The topological polar surface area (TPSA) is 81.9 Å². The lowest BCUT2D eigenvalue weighted by atomic mass is 10.2. The van der Waals surface area contributed by atoms with Crippen LogP contribution >= 0.6 is 34.9 Å². The van der Waals surface area contributed by atoms with E-state index in [0.717, 1.165) is 34.2 Å². The average molecular weight is 456 g/mol. The number of thiazole rings is 1. The number of pyridine rings is 1. The van der Waals surface area contributed by atoms with E-state index in [1.54, 1.807) is 35.7 Å². The maximum atomic E-state index is 12.6. The molecular weight excluding hydrogens is 438 g/mol. The van der Waals surface area contributed by atoms with Crippen molar-refractivity contribution in [2.45, 2.75) is 25.3 Å². The van der Waals surface area contributed by atoms with E-state index < -0.39 is 0 Å². The zero-order valence-corrected chi connectivity index (χ0v) is 18.5. The molecule has 3 aromatic rings. The molecule has 0 unspecified atom stereocenters. The largest absolute Gasteiger partial charge is 0.312 e. The van der Waals surface area contributed by atoms with E-state index in [0.29, 0.717) is 28.7 Å². The fourth-order valence-corrected chi connectivity index (χ4v) is 4.65. The van der Waals surface area contributed by atoms with Gasteiger partial charge in [-0.1, -0.05) is 23.5 Å². The number of nitrogens with one attached hydrogen (secondary N) is 1. The highest BCUT2D eigenvalue weighted by molar-refractivity contribution is 7.97.